The number of nitrogens with one attached hydrogen (secondary N) is 1. The first kappa shape index (κ1) is 15.8. The number of carboxylic acid groups (broad SMARTS) is 1. The van der Waals surface area contributed by atoms with Gasteiger partial charge in [0, 0.05) is 10.5 Å². The van der Waals surface area contributed by atoms with Gasteiger partial charge in [0.25, 0.3) is 0 Å². The molecule has 3 nitrogen and oxygen atoms in total. The fraction of sp³-hybridized carbons (Fsp3) is 0.929. The number of thioether (sulfide) groups is 1. The monoisotopic (exact) mass is 273 g/mol. The number of carbonyl (C=O) groups is 1. The predicted octanol–water partition coefficient (Wildman–Crippen LogP) is 3.14. The minimum absolute atomic E-state index is 0.478. The van der Waals surface area contributed by atoms with Gasteiger partial charge in [-0.3, -0.25) is 4.79 Å². The van der Waals surface area contributed by atoms with E-state index in [2.05, 4.69) is 26.1 Å². The third-order valence-electron chi connectivity index (χ3n) is 3.98. The van der Waals surface area contributed by atoms with E-state index in [1.54, 1.807) is 0 Å². The first-order valence-electron chi connectivity index (χ1n) is 7.05. The van der Waals surface area contributed by atoms with Crippen LogP contribution in [0.5, 0.6) is 0 Å². The van der Waals surface area contributed by atoms with Crippen molar-refractivity contribution in [3.63, 3.8) is 0 Å². The van der Waals surface area contributed by atoms with Gasteiger partial charge >= 0.3 is 5.97 Å². The van der Waals surface area contributed by atoms with Crippen molar-refractivity contribution in [3.8, 4) is 0 Å². The van der Waals surface area contributed by atoms with Crippen LogP contribution in [0.4, 0.5) is 0 Å². The van der Waals surface area contributed by atoms with Gasteiger partial charge in [0.05, 0.1) is 0 Å². The number of hydrogen-bond donors (Lipinski definition) is 2. The molecular weight excluding hydrogens is 246 g/mol. The van der Waals surface area contributed by atoms with Gasteiger partial charge in [0.15, 0.2) is 0 Å². The van der Waals surface area contributed by atoms with Crippen LogP contribution in [0, 0.1) is 5.92 Å². The molecule has 0 aromatic heterocycles. The van der Waals surface area contributed by atoms with Crippen LogP contribution in [-0.2, 0) is 4.79 Å². The maximum atomic E-state index is 11.6. The molecular formula is C14H27NO2S. The molecule has 2 N–H and O–H groups in total. The maximum Gasteiger partial charge on any atom is 0.323 e. The molecule has 1 rings (SSSR count). The molecule has 1 saturated carbocycles. The number of likely N-dealkylation sites (N-methyl/N-ethyl adjacent to an activating group) is 1. The molecule has 1 fully saturated rings. The third kappa shape index (κ3) is 3.89. The van der Waals surface area contributed by atoms with E-state index in [0.29, 0.717) is 16.4 Å². The summed E-state index contributed by atoms with van der Waals surface area (Å²) >= 11 is 1.97. The molecule has 18 heavy (non-hydrogen) atoms. The lowest BCUT2D eigenvalue weighted by molar-refractivity contribution is -0.146. The van der Waals surface area contributed by atoms with Gasteiger partial charge in [-0.1, -0.05) is 27.7 Å². The summed E-state index contributed by atoms with van der Waals surface area (Å²) in [4.78, 5) is 11.6. The van der Waals surface area contributed by atoms with Crippen molar-refractivity contribution in [1.82, 2.24) is 5.32 Å². The Morgan fingerprint density at radius 1 is 1.50 bits per heavy atom. The van der Waals surface area contributed by atoms with E-state index in [1.807, 2.05) is 18.7 Å². The van der Waals surface area contributed by atoms with Gasteiger partial charge in [-0.05, 0) is 38.1 Å². The minimum Gasteiger partial charge on any atom is -0.480 e. The fourth-order valence-electron chi connectivity index (χ4n) is 2.57. The average Bonchev–Trinajstić information content (AvgIpc) is 2.29. The molecule has 0 aliphatic heterocycles. The number of aliphatic carboxylic acids is 1. The summed E-state index contributed by atoms with van der Waals surface area (Å²) in [5, 5.41) is 13.8. The van der Waals surface area contributed by atoms with Crippen molar-refractivity contribution < 1.29 is 9.90 Å². The topological polar surface area (TPSA) is 49.3 Å². The highest BCUT2D eigenvalue weighted by molar-refractivity contribution is 8.00. The van der Waals surface area contributed by atoms with Gasteiger partial charge in [-0.2, -0.15) is 11.8 Å². The van der Waals surface area contributed by atoms with Gasteiger partial charge in [-0.15, -0.1) is 0 Å². The second-order valence-corrected chi connectivity index (χ2v) is 7.40. The molecule has 0 saturated heterocycles. The second-order valence-electron chi connectivity index (χ2n) is 5.72. The van der Waals surface area contributed by atoms with Crippen LogP contribution in [0.1, 0.15) is 53.4 Å². The second kappa shape index (κ2) is 6.80. The molecule has 1 aliphatic rings. The molecule has 0 bridgehead atoms. The summed E-state index contributed by atoms with van der Waals surface area (Å²) in [5.41, 5.74) is -0.679. The van der Waals surface area contributed by atoms with Crippen LogP contribution < -0.4 is 5.32 Å². The molecule has 3 atom stereocenters. The quantitative estimate of drug-likeness (QED) is 0.780. The van der Waals surface area contributed by atoms with Gasteiger partial charge < -0.3 is 10.4 Å². The fourth-order valence-corrected chi connectivity index (χ4v) is 4.17. The van der Waals surface area contributed by atoms with Crippen LogP contribution in [0.3, 0.4) is 0 Å². The highest BCUT2D eigenvalue weighted by Gasteiger charge is 2.42. The highest BCUT2D eigenvalue weighted by Crippen LogP contribution is 2.38. The van der Waals surface area contributed by atoms with Crippen molar-refractivity contribution >= 4 is 17.7 Å². The summed E-state index contributed by atoms with van der Waals surface area (Å²) in [6.45, 7) is 9.42. The van der Waals surface area contributed by atoms with Gasteiger partial charge in [0.1, 0.15) is 5.54 Å². The summed E-state index contributed by atoms with van der Waals surface area (Å²) in [6.07, 6.45) is 3.70. The lowest BCUT2D eigenvalue weighted by Gasteiger charge is -2.39. The van der Waals surface area contributed by atoms with Crippen molar-refractivity contribution in [2.75, 3.05) is 6.54 Å². The first-order valence-corrected chi connectivity index (χ1v) is 7.99. The molecule has 0 heterocycles. The summed E-state index contributed by atoms with van der Waals surface area (Å²) in [5.74, 6) is -0.0258. The summed E-state index contributed by atoms with van der Waals surface area (Å²) in [6, 6.07) is 0. The molecule has 0 amide bonds. The van der Waals surface area contributed by atoms with Crippen LogP contribution in [0.15, 0.2) is 0 Å². The Morgan fingerprint density at radius 3 is 2.67 bits per heavy atom. The first-order chi connectivity index (χ1) is 8.41. The van der Waals surface area contributed by atoms with Crippen molar-refractivity contribution in [2.24, 2.45) is 5.92 Å². The van der Waals surface area contributed by atoms with Crippen LogP contribution in [0.2, 0.25) is 0 Å². The zero-order valence-corrected chi connectivity index (χ0v) is 12.8. The zero-order valence-electron chi connectivity index (χ0n) is 12.0. The Balaban J connectivity index is 2.66. The van der Waals surface area contributed by atoms with E-state index in [9.17, 15) is 9.90 Å². The van der Waals surface area contributed by atoms with E-state index < -0.39 is 11.5 Å². The van der Waals surface area contributed by atoms with E-state index >= 15 is 0 Å². The van der Waals surface area contributed by atoms with Crippen molar-refractivity contribution in [3.05, 3.63) is 0 Å². The molecule has 0 radical (unpaired) electrons. The Morgan fingerprint density at radius 2 is 2.17 bits per heavy atom. The SMILES string of the molecule is CCNC1(C(=O)O)CCCC(SC(C)C(C)C)C1. The van der Waals surface area contributed by atoms with E-state index in [1.165, 1.54) is 0 Å². The van der Waals surface area contributed by atoms with E-state index in [0.717, 1.165) is 32.2 Å². The Bertz CT molecular complexity index is 279. The van der Waals surface area contributed by atoms with Crippen LogP contribution >= 0.6 is 11.8 Å². The standard InChI is InChI=1S/C14H27NO2S/c1-5-15-14(13(16)17)8-6-7-12(9-14)18-11(4)10(2)3/h10-12,15H,5-9H2,1-4H3,(H,16,17). The maximum absolute atomic E-state index is 11.6. The van der Waals surface area contributed by atoms with E-state index in [-0.39, 0.29) is 0 Å². The molecule has 0 aromatic carbocycles. The molecule has 1 aliphatic carbocycles. The van der Waals surface area contributed by atoms with E-state index in [4.69, 9.17) is 0 Å². The van der Waals surface area contributed by atoms with Crippen molar-refractivity contribution in [1.29, 1.82) is 0 Å². The lowest BCUT2D eigenvalue weighted by Crippen LogP contribution is -2.55. The van der Waals surface area contributed by atoms with Gasteiger partial charge in [0.2, 0.25) is 0 Å². The predicted molar refractivity (Wildman–Crippen MR) is 78.2 cm³/mol. The summed E-state index contributed by atoms with van der Waals surface area (Å²) < 4.78 is 0. The largest absolute Gasteiger partial charge is 0.480 e. The molecule has 3 unspecified atom stereocenters. The smallest absolute Gasteiger partial charge is 0.323 e. The third-order valence-corrected chi connectivity index (χ3v) is 5.74. The zero-order chi connectivity index (χ0) is 13.8. The number of hydrogen-bond acceptors (Lipinski definition) is 3. The highest BCUT2D eigenvalue weighted by atomic mass is 32.2. The average molecular weight is 273 g/mol. The van der Waals surface area contributed by atoms with Crippen LogP contribution in [-0.4, -0.2) is 33.7 Å². The summed E-state index contributed by atoms with van der Waals surface area (Å²) in [7, 11) is 0. The Hall–Kier alpha value is -0.220. The molecule has 4 heteroatoms. The molecule has 0 spiro atoms. The normalized spacial score (nSPS) is 30.4. The Labute approximate surface area is 115 Å². The minimum atomic E-state index is -0.679. The molecule has 0 aromatic rings. The molecule has 106 valence electrons. The number of carboxylic acids is 1. The van der Waals surface area contributed by atoms with Crippen molar-refractivity contribution in [2.45, 2.75) is 69.4 Å². The lowest BCUT2D eigenvalue weighted by atomic mass is 9.81. The van der Waals surface area contributed by atoms with Crippen LogP contribution in [0.25, 0.3) is 0 Å². The van der Waals surface area contributed by atoms with Gasteiger partial charge in [-0.25, -0.2) is 0 Å². The Kier molecular flexibility index (Phi) is 5.99. The number of rotatable bonds is 6.